The zero-order valence-electron chi connectivity index (χ0n) is 11.8. The number of nitrogens with zero attached hydrogens (tertiary/aromatic N) is 1. The largest absolute Gasteiger partial charge is 0.492 e. The number of ether oxygens (including phenoxy) is 1. The summed E-state index contributed by atoms with van der Waals surface area (Å²) in [6.07, 6.45) is 1.11. The highest BCUT2D eigenvalue weighted by molar-refractivity contribution is 14.0. The minimum Gasteiger partial charge on any atom is -0.492 e. The van der Waals surface area contributed by atoms with Crippen LogP contribution in [0.1, 0.15) is 6.42 Å². The number of aliphatic imine (C=N–C) groups is 1. The second kappa shape index (κ2) is 8.07. The molecule has 0 aliphatic carbocycles. The molecule has 2 aromatic rings. The van der Waals surface area contributed by atoms with Crippen molar-refractivity contribution in [3.05, 3.63) is 42.5 Å². The number of halogens is 1. The highest BCUT2D eigenvalue weighted by Crippen LogP contribution is 2.20. The molecule has 0 aromatic heterocycles. The summed E-state index contributed by atoms with van der Waals surface area (Å²) in [5.41, 5.74) is 0. The second-order valence-electron chi connectivity index (χ2n) is 4.79. The maximum Gasteiger partial charge on any atom is 0.191 e. The van der Waals surface area contributed by atoms with E-state index < -0.39 is 0 Å². The van der Waals surface area contributed by atoms with E-state index in [1.165, 1.54) is 10.8 Å². The predicted octanol–water partition coefficient (Wildman–Crippen LogP) is 2.78. The average Bonchev–Trinajstić information content (AvgIpc) is 2.52. The van der Waals surface area contributed by atoms with Crippen molar-refractivity contribution in [2.75, 3.05) is 26.2 Å². The third-order valence-electron chi connectivity index (χ3n) is 3.28. The smallest absolute Gasteiger partial charge is 0.191 e. The summed E-state index contributed by atoms with van der Waals surface area (Å²) in [5.74, 6) is 1.79. The van der Waals surface area contributed by atoms with E-state index in [0.717, 1.165) is 37.8 Å². The molecule has 0 saturated carbocycles. The minimum absolute atomic E-state index is 0. The van der Waals surface area contributed by atoms with Crippen LogP contribution in [0, 0.1) is 0 Å². The van der Waals surface area contributed by atoms with E-state index in [9.17, 15) is 0 Å². The monoisotopic (exact) mass is 397 g/mol. The summed E-state index contributed by atoms with van der Waals surface area (Å²) in [7, 11) is 0. The van der Waals surface area contributed by atoms with Crippen LogP contribution >= 0.6 is 24.0 Å². The molecule has 1 aliphatic rings. The maximum atomic E-state index is 5.76. The molecule has 0 radical (unpaired) electrons. The molecule has 1 aliphatic heterocycles. The van der Waals surface area contributed by atoms with Gasteiger partial charge in [-0.15, -0.1) is 24.0 Å². The Morgan fingerprint density at radius 1 is 1.14 bits per heavy atom. The van der Waals surface area contributed by atoms with E-state index in [1.54, 1.807) is 0 Å². The summed E-state index contributed by atoms with van der Waals surface area (Å²) in [6, 6.07) is 14.5. The Morgan fingerprint density at radius 2 is 2.00 bits per heavy atom. The van der Waals surface area contributed by atoms with Crippen molar-refractivity contribution in [3.8, 4) is 5.75 Å². The number of nitrogens with one attached hydrogen (secondary N) is 2. The summed E-state index contributed by atoms with van der Waals surface area (Å²) < 4.78 is 5.76. The van der Waals surface area contributed by atoms with Crippen molar-refractivity contribution in [3.63, 3.8) is 0 Å². The number of hydrogen-bond acceptors (Lipinski definition) is 4. The van der Waals surface area contributed by atoms with Gasteiger partial charge in [0.25, 0.3) is 0 Å². The number of rotatable bonds is 4. The van der Waals surface area contributed by atoms with Crippen LogP contribution < -0.4 is 15.4 Å². The molecule has 0 amide bonds. The minimum atomic E-state index is 0. The average molecular weight is 397 g/mol. The van der Waals surface area contributed by atoms with Crippen molar-refractivity contribution < 1.29 is 4.74 Å². The quantitative estimate of drug-likeness (QED) is 0.616. The lowest BCUT2D eigenvalue weighted by atomic mass is 10.1. The summed E-state index contributed by atoms with van der Waals surface area (Å²) in [5, 5.41) is 8.91. The topological polar surface area (TPSA) is 45.6 Å². The standard InChI is InChI=1S/C16H19N3O.HI/c1-2-5-14-12-15(7-6-13(14)4-1)20-11-10-19-16-17-8-3-9-18-16;/h1-2,4-7,12H,3,8-11H2,(H2,17,18,19);1H. The number of hydrogen-bond donors (Lipinski definition) is 2. The molecule has 2 aromatic carbocycles. The van der Waals surface area contributed by atoms with Crippen molar-refractivity contribution in [1.29, 1.82) is 0 Å². The molecule has 21 heavy (non-hydrogen) atoms. The molecule has 0 saturated heterocycles. The van der Waals surface area contributed by atoms with Gasteiger partial charge in [-0.05, 0) is 29.3 Å². The summed E-state index contributed by atoms with van der Waals surface area (Å²) in [4.78, 5) is 4.35. The Morgan fingerprint density at radius 3 is 2.81 bits per heavy atom. The van der Waals surface area contributed by atoms with E-state index in [4.69, 9.17) is 4.74 Å². The molecular formula is C16H20IN3O. The number of fused-ring (bicyclic) bond motifs is 1. The van der Waals surface area contributed by atoms with Gasteiger partial charge in [0.05, 0.1) is 6.54 Å². The molecule has 1 heterocycles. The molecule has 2 N–H and O–H groups in total. The fraction of sp³-hybridized carbons (Fsp3) is 0.312. The number of benzene rings is 2. The molecule has 0 atom stereocenters. The van der Waals surface area contributed by atoms with E-state index in [1.807, 2.05) is 18.2 Å². The Kier molecular flexibility index (Phi) is 6.10. The van der Waals surface area contributed by atoms with Crippen LogP contribution in [0.15, 0.2) is 47.5 Å². The van der Waals surface area contributed by atoms with Crippen LogP contribution in [0.4, 0.5) is 0 Å². The van der Waals surface area contributed by atoms with Gasteiger partial charge in [-0.25, -0.2) is 0 Å². The van der Waals surface area contributed by atoms with E-state index in [0.29, 0.717) is 6.61 Å². The Bertz CT molecular complexity index is 615. The van der Waals surface area contributed by atoms with Gasteiger partial charge in [0.15, 0.2) is 5.96 Å². The zero-order chi connectivity index (χ0) is 13.6. The van der Waals surface area contributed by atoms with Crippen molar-refractivity contribution in [1.82, 2.24) is 10.6 Å². The van der Waals surface area contributed by atoms with Crippen LogP contribution in [0.2, 0.25) is 0 Å². The Hall–Kier alpha value is -1.50. The van der Waals surface area contributed by atoms with Gasteiger partial charge in [-0.3, -0.25) is 4.99 Å². The first-order valence-corrected chi connectivity index (χ1v) is 7.06. The Balaban J connectivity index is 0.00000161. The molecule has 3 rings (SSSR count). The molecule has 0 unspecified atom stereocenters. The first-order valence-electron chi connectivity index (χ1n) is 7.06. The van der Waals surface area contributed by atoms with Gasteiger partial charge < -0.3 is 15.4 Å². The van der Waals surface area contributed by atoms with Crippen LogP contribution in [0.5, 0.6) is 5.75 Å². The SMILES string of the molecule is I.c1ccc2cc(OCCNC3=NCCCN3)ccc2c1. The third kappa shape index (κ3) is 4.49. The van der Waals surface area contributed by atoms with Crippen molar-refractivity contribution >= 4 is 40.7 Å². The van der Waals surface area contributed by atoms with Gasteiger partial charge in [0, 0.05) is 13.1 Å². The van der Waals surface area contributed by atoms with Gasteiger partial charge in [-0.1, -0.05) is 30.3 Å². The molecule has 5 heteroatoms. The highest BCUT2D eigenvalue weighted by atomic mass is 127. The molecule has 0 fully saturated rings. The Labute approximate surface area is 142 Å². The van der Waals surface area contributed by atoms with Crippen molar-refractivity contribution in [2.45, 2.75) is 6.42 Å². The van der Waals surface area contributed by atoms with E-state index >= 15 is 0 Å². The van der Waals surface area contributed by atoms with Crippen LogP contribution in [0.25, 0.3) is 10.8 Å². The van der Waals surface area contributed by atoms with Gasteiger partial charge in [-0.2, -0.15) is 0 Å². The van der Waals surface area contributed by atoms with Gasteiger partial charge in [0.1, 0.15) is 12.4 Å². The predicted molar refractivity (Wildman–Crippen MR) is 97.8 cm³/mol. The number of guanidine groups is 1. The first-order chi connectivity index (χ1) is 9.92. The lowest BCUT2D eigenvalue weighted by molar-refractivity contribution is 0.322. The fourth-order valence-corrected chi connectivity index (χ4v) is 2.25. The second-order valence-corrected chi connectivity index (χ2v) is 4.79. The van der Waals surface area contributed by atoms with Crippen LogP contribution in [0.3, 0.4) is 0 Å². The van der Waals surface area contributed by atoms with Gasteiger partial charge in [0.2, 0.25) is 0 Å². The molecule has 4 nitrogen and oxygen atoms in total. The van der Waals surface area contributed by atoms with E-state index in [-0.39, 0.29) is 24.0 Å². The molecule has 0 bridgehead atoms. The summed E-state index contributed by atoms with van der Waals surface area (Å²) >= 11 is 0. The third-order valence-corrected chi connectivity index (χ3v) is 3.28. The zero-order valence-corrected chi connectivity index (χ0v) is 14.2. The molecule has 112 valence electrons. The fourth-order valence-electron chi connectivity index (χ4n) is 2.25. The molecular weight excluding hydrogens is 377 g/mol. The van der Waals surface area contributed by atoms with Crippen LogP contribution in [-0.4, -0.2) is 32.2 Å². The lowest BCUT2D eigenvalue weighted by Gasteiger charge is -2.16. The maximum absolute atomic E-state index is 5.76. The molecule has 0 spiro atoms. The van der Waals surface area contributed by atoms with Gasteiger partial charge >= 0.3 is 0 Å². The normalized spacial score (nSPS) is 13.8. The van der Waals surface area contributed by atoms with E-state index in [2.05, 4.69) is 39.9 Å². The van der Waals surface area contributed by atoms with Crippen LogP contribution in [-0.2, 0) is 0 Å². The lowest BCUT2D eigenvalue weighted by Crippen LogP contribution is -2.42. The van der Waals surface area contributed by atoms with Crippen molar-refractivity contribution in [2.24, 2.45) is 4.99 Å². The first kappa shape index (κ1) is 15.9. The summed E-state index contributed by atoms with van der Waals surface area (Å²) in [6.45, 7) is 3.27. The highest BCUT2D eigenvalue weighted by Gasteiger charge is 2.02.